The normalized spacial score (nSPS) is 13.1. The summed E-state index contributed by atoms with van der Waals surface area (Å²) in [6.45, 7) is 4.40. The Morgan fingerprint density at radius 3 is 2.93 bits per heavy atom. The molecule has 14 heavy (non-hydrogen) atoms. The maximum atomic E-state index is 4.22. The lowest BCUT2D eigenvalue weighted by atomic mass is 10.00. The maximum absolute atomic E-state index is 4.22. The molecule has 2 rings (SSSR count). The first-order valence-electron chi connectivity index (χ1n) is 4.87. The molecule has 0 spiro atoms. The van der Waals surface area contributed by atoms with Gasteiger partial charge in [0.1, 0.15) is 0 Å². The van der Waals surface area contributed by atoms with Gasteiger partial charge in [-0.15, -0.1) is 0 Å². The minimum atomic E-state index is 0.564. The molecule has 0 bridgehead atoms. The van der Waals surface area contributed by atoms with Gasteiger partial charge in [0.05, 0.1) is 5.69 Å². The van der Waals surface area contributed by atoms with Crippen LogP contribution in [0.5, 0.6) is 0 Å². The second-order valence-electron chi connectivity index (χ2n) is 3.74. The zero-order valence-electron chi connectivity index (χ0n) is 8.49. The van der Waals surface area contributed by atoms with Gasteiger partial charge in [0.25, 0.3) is 0 Å². The maximum Gasteiger partial charge on any atom is 0.0802 e. The van der Waals surface area contributed by atoms with E-state index in [1.54, 1.807) is 0 Å². The molecule has 0 amide bonds. The first-order chi connectivity index (χ1) is 6.77. The Morgan fingerprint density at radius 2 is 2.14 bits per heavy atom. The quantitative estimate of drug-likeness (QED) is 0.629. The molecule has 0 unspecified atom stereocenters. The fourth-order valence-electron chi connectivity index (χ4n) is 1.47. The van der Waals surface area contributed by atoms with E-state index < -0.39 is 0 Å². The van der Waals surface area contributed by atoms with E-state index in [4.69, 9.17) is 0 Å². The molecule has 0 fully saturated rings. The Labute approximate surface area is 84.5 Å². The zero-order chi connectivity index (χ0) is 9.97. The number of allylic oxidation sites excluding steroid dienone is 2. The summed E-state index contributed by atoms with van der Waals surface area (Å²) in [5.74, 6) is 3.43. The van der Waals surface area contributed by atoms with Crippen molar-refractivity contribution in [2.75, 3.05) is 0 Å². The van der Waals surface area contributed by atoms with Crippen molar-refractivity contribution in [3.63, 3.8) is 0 Å². The molecule has 1 aliphatic heterocycles. The average Bonchev–Trinajstić information content (AvgIpc) is 2.41. The Bertz CT molecular complexity index is 433. The Balaban J connectivity index is 2.52. The lowest BCUT2D eigenvalue weighted by Gasteiger charge is -2.07. The van der Waals surface area contributed by atoms with Crippen LogP contribution in [0, 0.1) is 0 Å². The fraction of sp³-hybridized carbons (Fsp3) is 0.231. The van der Waals surface area contributed by atoms with Crippen LogP contribution in [0.3, 0.4) is 0 Å². The molecule has 1 nitrogen and oxygen atoms in total. The number of hydrogen-bond donors (Lipinski definition) is 0. The molecule has 1 aromatic rings. The first kappa shape index (κ1) is 8.98. The Morgan fingerprint density at radius 1 is 1.29 bits per heavy atom. The van der Waals surface area contributed by atoms with Gasteiger partial charge in [-0.3, -0.25) is 0 Å². The predicted molar refractivity (Wildman–Crippen MR) is 61.2 cm³/mol. The summed E-state index contributed by atoms with van der Waals surface area (Å²) in [7, 11) is 0. The molecular weight excluding hydrogens is 170 g/mol. The van der Waals surface area contributed by atoms with Crippen LogP contribution < -0.4 is 0 Å². The average molecular weight is 183 g/mol. The van der Waals surface area contributed by atoms with E-state index in [9.17, 15) is 0 Å². The third-order valence-electron chi connectivity index (χ3n) is 2.35. The van der Waals surface area contributed by atoms with Crippen LogP contribution >= 0.6 is 0 Å². The van der Waals surface area contributed by atoms with Crippen molar-refractivity contribution in [1.29, 1.82) is 0 Å². The molecule has 1 heterocycles. The van der Waals surface area contributed by atoms with Gasteiger partial charge < -0.3 is 0 Å². The van der Waals surface area contributed by atoms with Crippen molar-refractivity contribution in [1.82, 2.24) is 0 Å². The van der Waals surface area contributed by atoms with Crippen molar-refractivity contribution >= 4 is 17.6 Å². The molecule has 1 heteroatoms. The fourth-order valence-corrected chi connectivity index (χ4v) is 1.47. The second-order valence-corrected chi connectivity index (χ2v) is 3.74. The highest BCUT2D eigenvalue weighted by molar-refractivity contribution is 5.74. The summed E-state index contributed by atoms with van der Waals surface area (Å²) in [5, 5.41) is 0. The van der Waals surface area contributed by atoms with Crippen molar-refractivity contribution < 1.29 is 0 Å². The van der Waals surface area contributed by atoms with E-state index in [0.717, 1.165) is 5.69 Å². The van der Waals surface area contributed by atoms with E-state index in [2.05, 4.69) is 49.0 Å². The summed E-state index contributed by atoms with van der Waals surface area (Å²) >= 11 is 0. The van der Waals surface area contributed by atoms with E-state index in [1.807, 2.05) is 12.2 Å². The highest BCUT2D eigenvalue weighted by Crippen LogP contribution is 2.26. The van der Waals surface area contributed by atoms with Gasteiger partial charge in [0, 0.05) is 5.56 Å². The van der Waals surface area contributed by atoms with Crippen molar-refractivity contribution in [2.45, 2.75) is 19.8 Å². The van der Waals surface area contributed by atoms with Crippen molar-refractivity contribution in [2.24, 2.45) is 4.99 Å². The van der Waals surface area contributed by atoms with Gasteiger partial charge >= 0.3 is 0 Å². The van der Waals surface area contributed by atoms with Gasteiger partial charge in [-0.05, 0) is 35.6 Å². The van der Waals surface area contributed by atoms with Crippen LogP contribution in [0.25, 0.3) is 6.08 Å². The molecule has 1 aromatic carbocycles. The van der Waals surface area contributed by atoms with Crippen LogP contribution in [0.1, 0.15) is 30.9 Å². The molecule has 0 aliphatic carbocycles. The summed E-state index contributed by atoms with van der Waals surface area (Å²) < 4.78 is 0. The molecule has 1 aliphatic rings. The Hall–Kier alpha value is -1.59. The number of fused-ring (bicyclic) bond motifs is 1. The van der Waals surface area contributed by atoms with Gasteiger partial charge in [-0.1, -0.05) is 32.1 Å². The SMILES string of the molecule is CC(C)c1ccc2c(c1)C=CC=C=N2. The Kier molecular flexibility index (Phi) is 2.34. The van der Waals surface area contributed by atoms with Crippen molar-refractivity contribution in [3.05, 3.63) is 41.5 Å². The van der Waals surface area contributed by atoms with Crippen LogP contribution in [-0.4, -0.2) is 5.87 Å². The van der Waals surface area contributed by atoms with Crippen LogP contribution in [0.4, 0.5) is 5.69 Å². The minimum Gasteiger partial charge on any atom is -0.206 e. The first-order valence-corrected chi connectivity index (χ1v) is 4.87. The summed E-state index contributed by atoms with van der Waals surface area (Å²) in [6, 6.07) is 6.38. The summed E-state index contributed by atoms with van der Waals surface area (Å²) in [6.07, 6.45) is 5.87. The predicted octanol–water partition coefficient (Wildman–Crippen LogP) is 3.69. The van der Waals surface area contributed by atoms with E-state index in [-0.39, 0.29) is 0 Å². The lowest BCUT2D eigenvalue weighted by molar-refractivity contribution is 0.866. The third-order valence-corrected chi connectivity index (χ3v) is 2.35. The molecule has 0 radical (unpaired) electrons. The summed E-state index contributed by atoms with van der Waals surface area (Å²) in [4.78, 5) is 4.22. The number of rotatable bonds is 1. The monoisotopic (exact) mass is 183 g/mol. The number of nitrogens with zero attached hydrogens (tertiary/aromatic N) is 1. The molecule has 0 N–H and O–H groups in total. The number of benzene rings is 1. The smallest absolute Gasteiger partial charge is 0.0802 e. The van der Waals surface area contributed by atoms with Crippen molar-refractivity contribution in [3.8, 4) is 0 Å². The van der Waals surface area contributed by atoms with Crippen LogP contribution in [-0.2, 0) is 0 Å². The van der Waals surface area contributed by atoms with E-state index in [1.165, 1.54) is 11.1 Å². The molecular formula is C13H13N. The number of hydrogen-bond acceptors (Lipinski definition) is 1. The lowest BCUT2D eigenvalue weighted by Crippen LogP contribution is -1.87. The second kappa shape index (κ2) is 3.65. The van der Waals surface area contributed by atoms with Crippen LogP contribution in [0.2, 0.25) is 0 Å². The van der Waals surface area contributed by atoms with Gasteiger partial charge in [-0.2, -0.15) is 0 Å². The molecule has 0 saturated heterocycles. The third kappa shape index (κ3) is 1.68. The molecule has 0 atom stereocenters. The highest BCUT2D eigenvalue weighted by Gasteiger charge is 2.03. The van der Waals surface area contributed by atoms with Gasteiger partial charge in [0.2, 0.25) is 0 Å². The topological polar surface area (TPSA) is 12.4 Å². The highest BCUT2D eigenvalue weighted by atomic mass is 14.7. The molecule has 0 aromatic heterocycles. The number of aliphatic imine (C=N–C) groups is 1. The van der Waals surface area contributed by atoms with E-state index in [0.29, 0.717) is 5.92 Å². The molecule has 70 valence electrons. The minimum absolute atomic E-state index is 0.564. The van der Waals surface area contributed by atoms with Gasteiger partial charge in [-0.25, -0.2) is 4.99 Å². The summed E-state index contributed by atoms with van der Waals surface area (Å²) in [5.41, 5.74) is 3.53. The van der Waals surface area contributed by atoms with Gasteiger partial charge in [0.15, 0.2) is 0 Å². The van der Waals surface area contributed by atoms with Crippen LogP contribution in [0.15, 0.2) is 35.3 Å². The largest absolute Gasteiger partial charge is 0.206 e. The standard InChI is InChI=1S/C13H13N/c1-10(2)11-6-7-13-12(9-11)5-3-4-8-14-13/h3-7,9-10H,1-2H3. The van der Waals surface area contributed by atoms with E-state index >= 15 is 0 Å². The zero-order valence-corrected chi connectivity index (χ0v) is 8.49. The molecule has 0 saturated carbocycles.